The van der Waals surface area contributed by atoms with Crippen LogP contribution in [-0.4, -0.2) is 92.4 Å². The largest absolute Gasteiger partial charge is 0.465 e. The molecule has 0 radical (unpaired) electrons. The number of nitrogens with zero attached hydrogens (tertiary/aromatic N) is 2. The lowest BCUT2D eigenvalue weighted by molar-refractivity contribution is -0.148. The molecular weight excluding hydrogens is 733 g/mol. The van der Waals surface area contributed by atoms with Crippen LogP contribution < -0.4 is 0 Å². The van der Waals surface area contributed by atoms with Crippen molar-refractivity contribution in [1.82, 2.24) is 9.80 Å². The van der Waals surface area contributed by atoms with E-state index >= 15 is 0 Å². The first-order valence-electron chi connectivity index (χ1n) is 26.5. The van der Waals surface area contributed by atoms with Gasteiger partial charge in [-0.3, -0.25) is 14.6 Å². The summed E-state index contributed by atoms with van der Waals surface area (Å²) in [6.45, 7) is 16.6. The van der Waals surface area contributed by atoms with Gasteiger partial charge in [0.2, 0.25) is 0 Å². The van der Waals surface area contributed by atoms with E-state index in [4.69, 9.17) is 14.2 Å². The lowest BCUT2D eigenvalue weighted by atomic mass is 9.91. The molecule has 7 heteroatoms. The van der Waals surface area contributed by atoms with E-state index in [1.54, 1.807) is 0 Å². The summed E-state index contributed by atoms with van der Waals surface area (Å²) in [6.07, 6.45) is 43.0. The lowest BCUT2D eigenvalue weighted by Gasteiger charge is -2.39. The summed E-state index contributed by atoms with van der Waals surface area (Å²) in [5.41, 5.74) is 0. The van der Waals surface area contributed by atoms with Crippen LogP contribution in [0.4, 0.5) is 0 Å². The van der Waals surface area contributed by atoms with Gasteiger partial charge in [0, 0.05) is 45.3 Å². The van der Waals surface area contributed by atoms with Gasteiger partial charge in [-0.25, -0.2) is 0 Å². The van der Waals surface area contributed by atoms with Gasteiger partial charge in [-0.1, -0.05) is 175 Å². The van der Waals surface area contributed by atoms with Crippen molar-refractivity contribution in [3.05, 3.63) is 0 Å². The first-order chi connectivity index (χ1) is 29.1. The molecule has 1 aliphatic rings. The van der Waals surface area contributed by atoms with E-state index in [0.717, 1.165) is 97.3 Å². The Kier molecular flexibility index (Phi) is 41.9. The summed E-state index contributed by atoms with van der Waals surface area (Å²) in [4.78, 5) is 17.9. The number of aliphatic hydroxyl groups is 1. The standard InChI is InChI=1S/C52H104N2O5/c1-5-9-13-17-20-26-35-49(34-25-16-12-8-4)48-59-51(56)38-27-23-30-41-54(50-36-33-37-50)43-42-53(44-45-55)40-29-24-28-39-52(57-46-31-21-18-14-10-6-2)58-47-32-22-19-15-11-7-3/h49-50,52,55H,5-48H2,1-4H3. The van der Waals surface area contributed by atoms with Crippen LogP contribution in [0.15, 0.2) is 0 Å². The second-order valence-electron chi connectivity index (χ2n) is 18.5. The molecule has 0 spiro atoms. The number of aliphatic hydroxyl groups excluding tert-OH is 1. The van der Waals surface area contributed by atoms with Gasteiger partial charge in [0.05, 0.1) is 13.2 Å². The van der Waals surface area contributed by atoms with Gasteiger partial charge in [-0.05, 0) is 89.6 Å². The number of ether oxygens (including phenoxy) is 3. The summed E-state index contributed by atoms with van der Waals surface area (Å²) in [6, 6.07) is 0.710. The molecule has 0 aromatic heterocycles. The molecule has 0 aliphatic heterocycles. The van der Waals surface area contributed by atoms with Crippen LogP contribution in [0.2, 0.25) is 0 Å². The second-order valence-corrected chi connectivity index (χ2v) is 18.5. The van der Waals surface area contributed by atoms with Crippen molar-refractivity contribution >= 4 is 5.97 Å². The van der Waals surface area contributed by atoms with Crippen LogP contribution in [0, 0.1) is 5.92 Å². The number of hydrogen-bond donors (Lipinski definition) is 1. The van der Waals surface area contributed by atoms with Crippen LogP contribution in [0.25, 0.3) is 0 Å². The highest BCUT2D eigenvalue weighted by Crippen LogP contribution is 2.25. The highest BCUT2D eigenvalue weighted by atomic mass is 16.7. The van der Waals surface area contributed by atoms with Gasteiger partial charge >= 0.3 is 5.97 Å². The van der Waals surface area contributed by atoms with E-state index in [2.05, 4.69) is 37.5 Å². The van der Waals surface area contributed by atoms with Crippen molar-refractivity contribution in [2.45, 2.75) is 265 Å². The Hall–Kier alpha value is -0.730. The normalized spacial score (nSPS) is 13.9. The van der Waals surface area contributed by atoms with E-state index in [-0.39, 0.29) is 18.9 Å². The number of unbranched alkanes of at least 4 members (excludes halogenated alkanes) is 22. The number of rotatable bonds is 48. The molecule has 0 heterocycles. The molecule has 59 heavy (non-hydrogen) atoms. The fraction of sp³-hybridized carbons (Fsp3) is 0.981. The molecule has 0 amide bonds. The van der Waals surface area contributed by atoms with Gasteiger partial charge in [0.1, 0.15) is 0 Å². The summed E-state index contributed by atoms with van der Waals surface area (Å²) in [5.74, 6) is 0.549. The van der Waals surface area contributed by atoms with E-state index in [0.29, 0.717) is 25.0 Å². The minimum atomic E-state index is -0.0614. The topological polar surface area (TPSA) is 71.5 Å². The molecule has 1 rings (SSSR count). The predicted molar refractivity (Wildman–Crippen MR) is 253 cm³/mol. The number of carbonyl (C=O) groups excluding carboxylic acids is 1. The molecule has 1 aliphatic carbocycles. The minimum Gasteiger partial charge on any atom is -0.465 e. The maximum absolute atomic E-state index is 12.7. The maximum atomic E-state index is 12.7. The van der Waals surface area contributed by atoms with Crippen LogP contribution in [0.3, 0.4) is 0 Å². The number of carbonyl (C=O) groups is 1. The molecule has 1 atom stereocenters. The number of hydrogen-bond acceptors (Lipinski definition) is 7. The molecule has 1 fully saturated rings. The third-order valence-corrected chi connectivity index (χ3v) is 13.0. The highest BCUT2D eigenvalue weighted by molar-refractivity contribution is 5.69. The van der Waals surface area contributed by atoms with Gasteiger partial charge < -0.3 is 19.3 Å². The molecule has 0 bridgehead atoms. The van der Waals surface area contributed by atoms with E-state index < -0.39 is 0 Å². The van der Waals surface area contributed by atoms with Crippen molar-refractivity contribution in [2.75, 3.05) is 59.2 Å². The van der Waals surface area contributed by atoms with Crippen molar-refractivity contribution in [3.8, 4) is 0 Å². The summed E-state index contributed by atoms with van der Waals surface area (Å²) < 4.78 is 18.5. The Morgan fingerprint density at radius 3 is 1.54 bits per heavy atom. The van der Waals surface area contributed by atoms with E-state index in [9.17, 15) is 9.90 Å². The molecule has 0 aromatic rings. The minimum absolute atomic E-state index is 0.0129. The molecule has 0 saturated heterocycles. The fourth-order valence-corrected chi connectivity index (χ4v) is 8.64. The van der Waals surface area contributed by atoms with E-state index in [1.807, 2.05) is 0 Å². The second kappa shape index (κ2) is 43.9. The molecule has 0 aromatic carbocycles. The fourth-order valence-electron chi connectivity index (χ4n) is 8.64. The van der Waals surface area contributed by atoms with E-state index in [1.165, 1.54) is 167 Å². The van der Waals surface area contributed by atoms with Gasteiger partial charge in [-0.2, -0.15) is 0 Å². The molecule has 1 N–H and O–H groups in total. The third-order valence-electron chi connectivity index (χ3n) is 13.0. The monoisotopic (exact) mass is 837 g/mol. The van der Waals surface area contributed by atoms with Gasteiger partial charge in [0.25, 0.3) is 0 Å². The summed E-state index contributed by atoms with van der Waals surface area (Å²) >= 11 is 0. The predicted octanol–water partition coefficient (Wildman–Crippen LogP) is 14.2. The maximum Gasteiger partial charge on any atom is 0.305 e. The summed E-state index contributed by atoms with van der Waals surface area (Å²) in [7, 11) is 0. The molecular formula is C52H104N2O5. The summed E-state index contributed by atoms with van der Waals surface area (Å²) in [5, 5.41) is 9.89. The Labute approximate surface area is 368 Å². The van der Waals surface area contributed by atoms with Crippen LogP contribution in [0.5, 0.6) is 0 Å². The average Bonchev–Trinajstić information content (AvgIpc) is 3.22. The zero-order valence-electron chi connectivity index (χ0n) is 40.3. The van der Waals surface area contributed by atoms with Crippen molar-refractivity contribution in [3.63, 3.8) is 0 Å². The van der Waals surface area contributed by atoms with Crippen molar-refractivity contribution in [2.24, 2.45) is 5.92 Å². The third kappa shape index (κ3) is 35.4. The molecule has 1 saturated carbocycles. The zero-order chi connectivity index (χ0) is 42.7. The Morgan fingerprint density at radius 1 is 0.525 bits per heavy atom. The molecule has 7 nitrogen and oxygen atoms in total. The van der Waals surface area contributed by atoms with Crippen molar-refractivity contribution < 1.29 is 24.1 Å². The highest BCUT2D eigenvalue weighted by Gasteiger charge is 2.25. The van der Waals surface area contributed by atoms with Crippen LogP contribution in [-0.2, 0) is 19.0 Å². The smallest absolute Gasteiger partial charge is 0.305 e. The first kappa shape index (κ1) is 56.3. The first-order valence-corrected chi connectivity index (χ1v) is 26.5. The zero-order valence-corrected chi connectivity index (χ0v) is 40.3. The number of esters is 1. The SMILES string of the molecule is CCCCCCCCOC(CCCCCN(CCO)CCN(CCCCCC(=O)OCC(CCCCCC)CCCCCCCC)C1CCC1)OCCCCCCCC. The van der Waals surface area contributed by atoms with Crippen LogP contribution in [0.1, 0.15) is 252 Å². The quantitative estimate of drug-likeness (QED) is 0.0372. The average molecular weight is 837 g/mol. The molecule has 352 valence electrons. The Morgan fingerprint density at radius 2 is 1.00 bits per heavy atom. The lowest BCUT2D eigenvalue weighted by Crippen LogP contribution is -2.45. The molecule has 1 unspecified atom stereocenters. The Balaban J connectivity index is 2.39. The van der Waals surface area contributed by atoms with Gasteiger partial charge in [-0.15, -0.1) is 0 Å². The van der Waals surface area contributed by atoms with Crippen molar-refractivity contribution in [1.29, 1.82) is 0 Å². The van der Waals surface area contributed by atoms with Crippen LogP contribution >= 0.6 is 0 Å². The Bertz CT molecular complexity index is 839. The van der Waals surface area contributed by atoms with Gasteiger partial charge in [0.15, 0.2) is 6.29 Å².